The van der Waals surface area contributed by atoms with Crippen molar-refractivity contribution in [2.45, 2.75) is 25.6 Å². The molecule has 0 spiro atoms. The molecule has 0 saturated carbocycles. The Balaban J connectivity index is 3.01. The largest absolute Gasteiger partial charge is 0.507 e. The number of ether oxygens (including phenoxy) is 1. The lowest BCUT2D eigenvalue weighted by Gasteiger charge is -2.19. The summed E-state index contributed by atoms with van der Waals surface area (Å²) in [6, 6.07) is 1.56. The average Bonchev–Trinajstić information content (AvgIpc) is 2.37. The van der Waals surface area contributed by atoms with Gasteiger partial charge in [0.1, 0.15) is 23.2 Å². The molecule has 21 heavy (non-hydrogen) atoms. The van der Waals surface area contributed by atoms with Crippen molar-refractivity contribution in [2.75, 3.05) is 6.61 Å². The molecule has 0 fully saturated rings. The number of esters is 1. The van der Waals surface area contributed by atoms with E-state index < -0.39 is 47.6 Å². The molecule has 0 aliphatic heterocycles. The van der Waals surface area contributed by atoms with Crippen molar-refractivity contribution in [3.63, 3.8) is 0 Å². The van der Waals surface area contributed by atoms with Crippen LogP contribution in [0.5, 0.6) is 11.5 Å². The van der Waals surface area contributed by atoms with Crippen LogP contribution in [0.15, 0.2) is 12.1 Å². The summed E-state index contributed by atoms with van der Waals surface area (Å²) in [5.41, 5.74) is -0.868. The number of carboxylic acid groups (broad SMARTS) is 1. The highest BCUT2D eigenvalue weighted by Crippen LogP contribution is 2.33. The second-order valence-electron chi connectivity index (χ2n) is 4.25. The predicted molar refractivity (Wildman–Crippen MR) is 68.9 cm³/mol. The summed E-state index contributed by atoms with van der Waals surface area (Å²) in [4.78, 5) is 22.1. The molecular formula is C13H16O8. The van der Waals surface area contributed by atoms with E-state index in [1.165, 1.54) is 0 Å². The molecule has 2 unspecified atom stereocenters. The second kappa shape index (κ2) is 6.91. The molecule has 8 heteroatoms. The highest BCUT2D eigenvalue weighted by Gasteiger charge is 2.26. The molecule has 8 nitrogen and oxygen atoms in total. The van der Waals surface area contributed by atoms with Gasteiger partial charge in [-0.1, -0.05) is 0 Å². The van der Waals surface area contributed by atoms with Crippen LogP contribution in [0.2, 0.25) is 0 Å². The van der Waals surface area contributed by atoms with Crippen molar-refractivity contribution in [2.24, 2.45) is 0 Å². The zero-order valence-electron chi connectivity index (χ0n) is 11.2. The Morgan fingerprint density at radius 2 is 1.81 bits per heavy atom. The van der Waals surface area contributed by atoms with E-state index in [2.05, 4.69) is 4.74 Å². The van der Waals surface area contributed by atoms with E-state index in [-0.39, 0.29) is 12.2 Å². The molecular weight excluding hydrogens is 284 g/mol. The number of hydrogen-bond donors (Lipinski definition) is 5. The van der Waals surface area contributed by atoms with E-state index in [9.17, 15) is 30.0 Å². The van der Waals surface area contributed by atoms with Gasteiger partial charge in [-0.3, -0.25) is 4.79 Å². The van der Waals surface area contributed by atoms with Gasteiger partial charge in [-0.15, -0.1) is 0 Å². The molecule has 0 aliphatic carbocycles. The minimum absolute atomic E-state index is 0.106. The fraction of sp³-hybridized carbons (Fsp3) is 0.385. The van der Waals surface area contributed by atoms with Gasteiger partial charge in [-0.25, -0.2) is 4.79 Å². The number of carboxylic acids is 1. The van der Waals surface area contributed by atoms with Crippen LogP contribution in [0, 0.1) is 0 Å². The van der Waals surface area contributed by atoms with Crippen LogP contribution in [-0.4, -0.2) is 50.2 Å². The molecule has 1 rings (SSSR count). The van der Waals surface area contributed by atoms with E-state index in [0.29, 0.717) is 0 Å². The molecule has 0 aromatic heterocycles. The summed E-state index contributed by atoms with van der Waals surface area (Å²) >= 11 is 0. The van der Waals surface area contributed by atoms with Crippen LogP contribution in [0.3, 0.4) is 0 Å². The Morgan fingerprint density at radius 3 is 2.33 bits per heavy atom. The van der Waals surface area contributed by atoms with Crippen molar-refractivity contribution in [3.8, 4) is 11.5 Å². The molecule has 0 saturated heterocycles. The van der Waals surface area contributed by atoms with E-state index in [0.717, 1.165) is 12.1 Å². The van der Waals surface area contributed by atoms with E-state index in [1.807, 2.05) is 0 Å². The van der Waals surface area contributed by atoms with Crippen LogP contribution in [0.1, 0.15) is 35.4 Å². The van der Waals surface area contributed by atoms with Gasteiger partial charge in [0.15, 0.2) is 0 Å². The third kappa shape index (κ3) is 4.07. The maximum absolute atomic E-state index is 11.2. The molecule has 0 amide bonds. The first-order valence-corrected chi connectivity index (χ1v) is 6.08. The van der Waals surface area contributed by atoms with Crippen LogP contribution >= 0.6 is 0 Å². The van der Waals surface area contributed by atoms with Crippen LogP contribution in [0.4, 0.5) is 0 Å². The third-order valence-electron chi connectivity index (χ3n) is 2.74. The summed E-state index contributed by atoms with van der Waals surface area (Å²) in [7, 11) is 0. The Labute approximate surface area is 119 Å². The average molecular weight is 300 g/mol. The Kier molecular flexibility index (Phi) is 5.51. The summed E-state index contributed by atoms with van der Waals surface area (Å²) in [5.74, 6) is -3.51. The number of carbonyl (C=O) groups excluding carboxylic acids is 1. The van der Waals surface area contributed by atoms with Crippen LogP contribution in [-0.2, 0) is 9.53 Å². The first-order valence-electron chi connectivity index (χ1n) is 6.08. The number of aromatic carboxylic acids is 1. The van der Waals surface area contributed by atoms with Crippen molar-refractivity contribution >= 4 is 11.9 Å². The molecule has 0 radical (unpaired) electrons. The van der Waals surface area contributed by atoms with Gasteiger partial charge >= 0.3 is 11.9 Å². The zero-order chi connectivity index (χ0) is 16.2. The van der Waals surface area contributed by atoms with Gasteiger partial charge in [0, 0.05) is 11.6 Å². The fourth-order valence-electron chi connectivity index (χ4n) is 1.71. The number of aliphatic hydroxyl groups excluding tert-OH is 2. The van der Waals surface area contributed by atoms with Gasteiger partial charge in [0.05, 0.1) is 19.1 Å². The molecule has 1 aromatic rings. The minimum atomic E-state index is -1.71. The van der Waals surface area contributed by atoms with Crippen LogP contribution < -0.4 is 0 Å². The molecule has 1 aromatic carbocycles. The van der Waals surface area contributed by atoms with Crippen LogP contribution in [0.25, 0.3) is 0 Å². The number of phenols is 2. The second-order valence-corrected chi connectivity index (χ2v) is 4.25. The number of phenolic OH excluding ortho intramolecular Hbond substituents is 1. The van der Waals surface area contributed by atoms with E-state index >= 15 is 0 Å². The standard InChI is InChI=1S/C13H16O8/c1-2-21-11(17)5-10(16)12(18)6-3-7(13(19)20)9(15)4-8(6)14/h3-4,10,12,14-16,18H,2,5H2,1H3,(H,19,20). The van der Waals surface area contributed by atoms with Crippen molar-refractivity contribution in [3.05, 3.63) is 23.3 Å². The third-order valence-corrected chi connectivity index (χ3v) is 2.74. The number of aliphatic hydroxyl groups is 2. The molecule has 0 bridgehead atoms. The normalized spacial score (nSPS) is 13.5. The number of aromatic hydroxyl groups is 2. The molecule has 0 aliphatic rings. The van der Waals surface area contributed by atoms with E-state index in [1.54, 1.807) is 6.92 Å². The lowest BCUT2D eigenvalue weighted by Crippen LogP contribution is -2.23. The van der Waals surface area contributed by atoms with Crippen molar-refractivity contribution in [1.82, 2.24) is 0 Å². The first kappa shape index (κ1) is 16.7. The number of rotatable bonds is 6. The lowest BCUT2D eigenvalue weighted by molar-refractivity contribution is -0.147. The lowest BCUT2D eigenvalue weighted by atomic mass is 9.98. The number of carbonyl (C=O) groups is 2. The predicted octanol–water partition coefficient (Wildman–Crippen LogP) is 0.144. The number of benzene rings is 1. The van der Waals surface area contributed by atoms with Gasteiger partial charge in [-0.05, 0) is 13.0 Å². The van der Waals surface area contributed by atoms with Crippen molar-refractivity contribution < 1.29 is 39.9 Å². The maximum atomic E-state index is 11.2. The van der Waals surface area contributed by atoms with Gasteiger partial charge in [-0.2, -0.15) is 0 Å². The monoisotopic (exact) mass is 300 g/mol. The summed E-state index contributed by atoms with van der Waals surface area (Å²) in [5, 5.41) is 47.4. The summed E-state index contributed by atoms with van der Waals surface area (Å²) in [6.45, 7) is 1.68. The first-order chi connectivity index (χ1) is 9.77. The molecule has 5 N–H and O–H groups in total. The Morgan fingerprint density at radius 1 is 1.19 bits per heavy atom. The molecule has 2 atom stereocenters. The Bertz CT molecular complexity index is 539. The fourth-order valence-corrected chi connectivity index (χ4v) is 1.71. The minimum Gasteiger partial charge on any atom is -0.507 e. The van der Waals surface area contributed by atoms with Gasteiger partial charge in [0.2, 0.25) is 0 Å². The maximum Gasteiger partial charge on any atom is 0.339 e. The number of hydrogen-bond acceptors (Lipinski definition) is 7. The van der Waals surface area contributed by atoms with Crippen molar-refractivity contribution in [1.29, 1.82) is 0 Å². The highest BCUT2D eigenvalue weighted by molar-refractivity contribution is 5.91. The van der Waals surface area contributed by atoms with E-state index in [4.69, 9.17) is 5.11 Å². The van der Waals surface area contributed by atoms with Gasteiger partial charge < -0.3 is 30.3 Å². The topological polar surface area (TPSA) is 145 Å². The molecule has 116 valence electrons. The summed E-state index contributed by atoms with van der Waals surface area (Å²) < 4.78 is 4.60. The highest BCUT2D eigenvalue weighted by atomic mass is 16.5. The Hall–Kier alpha value is -2.32. The quantitative estimate of drug-likeness (QED) is 0.467. The van der Waals surface area contributed by atoms with Gasteiger partial charge in [0.25, 0.3) is 0 Å². The SMILES string of the molecule is CCOC(=O)CC(O)C(O)c1cc(C(=O)O)c(O)cc1O. The summed E-state index contributed by atoms with van der Waals surface area (Å²) in [6.07, 6.45) is -3.84. The molecule has 0 heterocycles. The zero-order valence-corrected chi connectivity index (χ0v) is 11.2. The smallest absolute Gasteiger partial charge is 0.339 e.